The maximum absolute atomic E-state index is 6.20. The van der Waals surface area contributed by atoms with Crippen LogP contribution in [0.25, 0.3) is 21.9 Å². The lowest BCUT2D eigenvalue weighted by Crippen LogP contribution is -2.20. The van der Waals surface area contributed by atoms with E-state index < -0.39 is 0 Å². The summed E-state index contributed by atoms with van der Waals surface area (Å²) in [6, 6.07) is 16.1. The van der Waals surface area contributed by atoms with Crippen LogP contribution in [0.2, 0.25) is 0 Å². The Morgan fingerprint density at radius 2 is 1.88 bits per heavy atom. The van der Waals surface area contributed by atoms with Crippen molar-refractivity contribution in [3.05, 3.63) is 60.3 Å². The maximum atomic E-state index is 6.20. The number of hydrogen-bond donors (Lipinski definition) is 1. The first-order chi connectivity index (χ1) is 11.7. The number of nitrogens with zero attached hydrogens (tertiary/aromatic N) is 2. The van der Waals surface area contributed by atoms with Crippen LogP contribution < -0.4 is 10.6 Å². The maximum Gasteiger partial charge on any atom is 0.159 e. The molecule has 0 fully saturated rings. The zero-order valence-corrected chi connectivity index (χ0v) is 13.8. The van der Waals surface area contributed by atoms with Crippen molar-refractivity contribution in [2.24, 2.45) is 0 Å². The Bertz CT molecular complexity index is 1040. The van der Waals surface area contributed by atoms with Crippen molar-refractivity contribution in [1.82, 2.24) is 4.98 Å². The minimum Gasteiger partial charge on any atom is -0.454 e. The molecule has 0 saturated heterocycles. The average molecular weight is 317 g/mol. The molecule has 4 heteroatoms. The predicted molar refractivity (Wildman–Crippen MR) is 99.8 cm³/mol. The van der Waals surface area contributed by atoms with Crippen molar-refractivity contribution >= 4 is 39.1 Å². The van der Waals surface area contributed by atoms with Crippen LogP contribution in [-0.2, 0) is 0 Å². The molecular weight excluding hydrogens is 298 g/mol. The van der Waals surface area contributed by atoms with E-state index in [0.717, 1.165) is 45.6 Å². The van der Waals surface area contributed by atoms with Crippen LogP contribution in [0.5, 0.6) is 0 Å². The number of benzene rings is 2. The number of nitrogen functional groups attached to an aromatic ring is 1. The largest absolute Gasteiger partial charge is 0.454 e. The predicted octanol–water partition coefficient (Wildman–Crippen LogP) is 5.03. The number of anilines is 3. The summed E-state index contributed by atoms with van der Waals surface area (Å²) in [7, 11) is 0. The lowest BCUT2D eigenvalue weighted by Gasteiger charge is -2.25. The highest BCUT2D eigenvalue weighted by Crippen LogP contribution is 2.40. The van der Waals surface area contributed by atoms with Gasteiger partial charge in [0.2, 0.25) is 0 Å². The Morgan fingerprint density at radius 1 is 1.04 bits per heavy atom. The van der Waals surface area contributed by atoms with Gasteiger partial charge in [0, 0.05) is 23.5 Å². The van der Waals surface area contributed by atoms with Crippen molar-refractivity contribution in [2.75, 3.05) is 17.2 Å². The van der Waals surface area contributed by atoms with Crippen LogP contribution in [0, 0.1) is 6.92 Å². The topological polar surface area (TPSA) is 55.3 Å². The van der Waals surface area contributed by atoms with Gasteiger partial charge in [0.25, 0.3) is 0 Å². The second-order valence-electron chi connectivity index (χ2n) is 5.87. The highest BCUT2D eigenvalue weighted by atomic mass is 16.3. The van der Waals surface area contributed by atoms with E-state index in [4.69, 9.17) is 10.2 Å². The Hall–Kier alpha value is -3.01. The summed E-state index contributed by atoms with van der Waals surface area (Å²) >= 11 is 0. The quantitative estimate of drug-likeness (QED) is 0.576. The molecule has 0 aliphatic heterocycles. The van der Waals surface area contributed by atoms with E-state index in [-0.39, 0.29) is 0 Å². The van der Waals surface area contributed by atoms with Gasteiger partial charge in [0.15, 0.2) is 11.4 Å². The fourth-order valence-electron chi connectivity index (χ4n) is 3.26. The summed E-state index contributed by atoms with van der Waals surface area (Å²) < 4.78 is 6.20. The zero-order valence-electron chi connectivity index (χ0n) is 13.8. The van der Waals surface area contributed by atoms with Crippen molar-refractivity contribution in [3.8, 4) is 0 Å². The first-order valence-electron chi connectivity index (χ1n) is 8.09. The minimum atomic E-state index is 0.659. The van der Waals surface area contributed by atoms with Gasteiger partial charge >= 0.3 is 0 Å². The molecule has 24 heavy (non-hydrogen) atoms. The molecule has 2 heterocycles. The molecule has 120 valence electrons. The summed E-state index contributed by atoms with van der Waals surface area (Å²) in [5.41, 5.74) is 10.8. The van der Waals surface area contributed by atoms with E-state index in [0.29, 0.717) is 5.69 Å². The molecule has 0 bridgehead atoms. The van der Waals surface area contributed by atoms with Crippen molar-refractivity contribution in [2.45, 2.75) is 13.8 Å². The molecule has 0 atom stereocenters. The van der Waals surface area contributed by atoms with E-state index in [1.54, 1.807) is 6.20 Å². The molecule has 0 amide bonds. The average Bonchev–Trinajstić information content (AvgIpc) is 2.97. The summed E-state index contributed by atoms with van der Waals surface area (Å²) in [6.07, 6.45) is 1.77. The molecule has 4 rings (SSSR count). The van der Waals surface area contributed by atoms with Gasteiger partial charge < -0.3 is 15.1 Å². The van der Waals surface area contributed by atoms with Gasteiger partial charge in [-0.15, -0.1) is 0 Å². The fraction of sp³-hybridized carbons (Fsp3) is 0.150. The first-order valence-corrected chi connectivity index (χ1v) is 8.09. The number of aryl methyl sites for hydroxylation is 1. The third-order valence-electron chi connectivity index (χ3n) is 4.38. The third kappa shape index (κ3) is 2.11. The summed E-state index contributed by atoms with van der Waals surface area (Å²) in [5, 5.41) is 2.23. The summed E-state index contributed by atoms with van der Waals surface area (Å²) in [5.74, 6) is 0.760. The Balaban J connectivity index is 2.04. The van der Waals surface area contributed by atoms with Crippen molar-refractivity contribution in [1.29, 1.82) is 0 Å². The number of aromatic nitrogens is 1. The molecule has 0 radical (unpaired) electrons. The molecule has 0 aliphatic rings. The Labute approximate surface area is 140 Å². The van der Waals surface area contributed by atoms with Gasteiger partial charge in [0.05, 0.1) is 11.4 Å². The van der Waals surface area contributed by atoms with E-state index in [2.05, 4.69) is 41.9 Å². The number of hydrogen-bond acceptors (Lipinski definition) is 4. The number of para-hydroxylation sites is 1. The summed E-state index contributed by atoms with van der Waals surface area (Å²) in [6.45, 7) is 4.93. The molecule has 0 unspecified atom stereocenters. The number of nitrogens with two attached hydrogens (primary N) is 1. The molecule has 2 aromatic heterocycles. The van der Waals surface area contributed by atoms with Gasteiger partial charge in [-0.3, -0.25) is 0 Å². The van der Waals surface area contributed by atoms with Crippen LogP contribution in [0.4, 0.5) is 17.2 Å². The molecular formula is C20H19N3O. The fourth-order valence-corrected chi connectivity index (χ4v) is 3.26. The van der Waals surface area contributed by atoms with E-state index in [1.807, 2.05) is 30.3 Å². The third-order valence-corrected chi connectivity index (χ3v) is 4.38. The molecule has 2 aromatic carbocycles. The molecule has 0 spiro atoms. The molecule has 4 nitrogen and oxygen atoms in total. The van der Waals surface area contributed by atoms with Gasteiger partial charge in [-0.05, 0) is 37.6 Å². The van der Waals surface area contributed by atoms with Crippen LogP contribution in [0.15, 0.2) is 59.1 Å². The smallest absolute Gasteiger partial charge is 0.159 e. The highest BCUT2D eigenvalue weighted by Gasteiger charge is 2.20. The second kappa shape index (κ2) is 5.57. The van der Waals surface area contributed by atoms with Crippen LogP contribution in [0.3, 0.4) is 0 Å². The van der Waals surface area contributed by atoms with Crippen molar-refractivity contribution < 1.29 is 4.42 Å². The molecule has 0 aliphatic carbocycles. The van der Waals surface area contributed by atoms with Crippen LogP contribution in [0.1, 0.15) is 12.5 Å². The van der Waals surface area contributed by atoms with Gasteiger partial charge in [-0.25, -0.2) is 4.98 Å². The number of furan rings is 1. The first kappa shape index (κ1) is 14.6. The molecule has 0 saturated carbocycles. The standard InChI is InChI=1S/C20H19N3O/c1-3-23(20-16(21)8-6-12-22-20)18-13(2)10-11-15-14-7-4-5-9-17(14)24-19(15)18/h4-12H,3,21H2,1-2H3. The van der Waals surface area contributed by atoms with Gasteiger partial charge in [-0.1, -0.05) is 30.3 Å². The molecule has 4 aromatic rings. The van der Waals surface area contributed by atoms with E-state index >= 15 is 0 Å². The molecule has 2 N–H and O–H groups in total. The number of fused-ring (bicyclic) bond motifs is 3. The minimum absolute atomic E-state index is 0.659. The monoisotopic (exact) mass is 317 g/mol. The SMILES string of the molecule is CCN(c1ncccc1N)c1c(C)ccc2c1oc1ccccc12. The lowest BCUT2D eigenvalue weighted by atomic mass is 10.1. The van der Waals surface area contributed by atoms with Gasteiger partial charge in [-0.2, -0.15) is 0 Å². The van der Waals surface area contributed by atoms with E-state index in [1.165, 1.54) is 0 Å². The van der Waals surface area contributed by atoms with E-state index in [9.17, 15) is 0 Å². The zero-order chi connectivity index (χ0) is 16.7. The second-order valence-corrected chi connectivity index (χ2v) is 5.87. The summed E-state index contributed by atoms with van der Waals surface area (Å²) in [4.78, 5) is 6.61. The highest BCUT2D eigenvalue weighted by molar-refractivity contribution is 6.10. The lowest BCUT2D eigenvalue weighted by molar-refractivity contribution is 0.667. The van der Waals surface area contributed by atoms with Crippen LogP contribution in [-0.4, -0.2) is 11.5 Å². The number of rotatable bonds is 3. The van der Waals surface area contributed by atoms with Crippen LogP contribution >= 0.6 is 0 Å². The van der Waals surface area contributed by atoms with Gasteiger partial charge in [0.1, 0.15) is 5.58 Å². The van der Waals surface area contributed by atoms with Crippen molar-refractivity contribution in [3.63, 3.8) is 0 Å². The normalized spacial score (nSPS) is 11.2. The Kier molecular flexibility index (Phi) is 3.38. The number of pyridine rings is 1. The Morgan fingerprint density at radius 3 is 2.67 bits per heavy atom.